The van der Waals surface area contributed by atoms with Crippen molar-refractivity contribution in [2.24, 2.45) is 5.10 Å². The van der Waals surface area contributed by atoms with Crippen LogP contribution in [0.4, 0.5) is 5.82 Å². The van der Waals surface area contributed by atoms with Crippen molar-refractivity contribution in [3.05, 3.63) is 72.3 Å². The first-order chi connectivity index (χ1) is 10.8. The maximum absolute atomic E-state index is 4.46. The average molecular weight is 289 g/mol. The van der Waals surface area contributed by atoms with Crippen molar-refractivity contribution in [3.63, 3.8) is 0 Å². The zero-order valence-corrected chi connectivity index (χ0v) is 12.1. The lowest BCUT2D eigenvalue weighted by molar-refractivity contribution is 1.05. The van der Waals surface area contributed by atoms with E-state index in [0.717, 1.165) is 16.8 Å². The summed E-state index contributed by atoms with van der Waals surface area (Å²) in [5.41, 5.74) is 5.83. The Morgan fingerprint density at radius 1 is 1.00 bits per heavy atom. The van der Waals surface area contributed by atoms with Gasteiger partial charge >= 0.3 is 0 Å². The predicted molar refractivity (Wildman–Crippen MR) is 87.7 cm³/mol. The third-order valence-corrected chi connectivity index (χ3v) is 3.01. The lowest BCUT2D eigenvalue weighted by Crippen LogP contribution is -1.98. The molecule has 0 aliphatic heterocycles. The number of rotatable bonds is 4. The molecule has 0 unspecified atom stereocenters. The highest BCUT2D eigenvalue weighted by atomic mass is 15.3. The molecule has 3 rings (SSSR count). The van der Waals surface area contributed by atoms with Crippen molar-refractivity contribution < 1.29 is 0 Å². The summed E-state index contributed by atoms with van der Waals surface area (Å²) in [6, 6.07) is 15.6. The number of anilines is 1. The molecule has 2 aromatic heterocycles. The maximum Gasteiger partial charge on any atom is 0.150 e. The van der Waals surface area contributed by atoms with E-state index in [1.54, 1.807) is 18.6 Å². The zero-order chi connectivity index (χ0) is 15.2. The maximum atomic E-state index is 4.46. The molecule has 5 heteroatoms. The Balaban J connectivity index is 1.80. The van der Waals surface area contributed by atoms with Gasteiger partial charge in [-0.2, -0.15) is 5.10 Å². The molecule has 0 bridgehead atoms. The summed E-state index contributed by atoms with van der Waals surface area (Å²) in [6.07, 6.45) is 5.18. The molecule has 1 N–H and O–H groups in total. The number of pyridine rings is 1. The van der Waals surface area contributed by atoms with Gasteiger partial charge in [0.1, 0.15) is 11.6 Å². The normalized spacial score (nSPS) is 10.8. The number of aryl methyl sites for hydroxylation is 1. The number of hydrogen-bond acceptors (Lipinski definition) is 5. The number of hydrazone groups is 1. The van der Waals surface area contributed by atoms with Crippen molar-refractivity contribution in [1.82, 2.24) is 15.0 Å². The highest BCUT2D eigenvalue weighted by Crippen LogP contribution is 2.19. The van der Waals surface area contributed by atoms with Crippen LogP contribution in [0.25, 0.3) is 11.3 Å². The smallest absolute Gasteiger partial charge is 0.150 e. The van der Waals surface area contributed by atoms with Crippen molar-refractivity contribution >= 4 is 12.0 Å². The number of nitrogens with zero attached hydrogens (tertiary/aromatic N) is 4. The summed E-state index contributed by atoms with van der Waals surface area (Å²) >= 11 is 0. The molecule has 0 amide bonds. The van der Waals surface area contributed by atoms with E-state index in [-0.39, 0.29) is 0 Å². The molecule has 0 aliphatic rings. The third-order valence-electron chi connectivity index (χ3n) is 3.01. The zero-order valence-electron chi connectivity index (χ0n) is 12.1. The van der Waals surface area contributed by atoms with E-state index in [2.05, 4.69) is 25.5 Å². The van der Waals surface area contributed by atoms with E-state index in [1.807, 2.05) is 55.5 Å². The van der Waals surface area contributed by atoms with E-state index in [1.165, 1.54) is 0 Å². The molecule has 0 saturated carbocycles. The monoisotopic (exact) mass is 289 g/mol. The second-order valence-electron chi connectivity index (χ2n) is 4.70. The van der Waals surface area contributed by atoms with Crippen molar-refractivity contribution in [2.75, 3.05) is 5.43 Å². The molecule has 0 atom stereocenters. The molecule has 0 fully saturated rings. The minimum absolute atomic E-state index is 0.664. The van der Waals surface area contributed by atoms with Gasteiger partial charge in [0.05, 0.1) is 11.9 Å². The fourth-order valence-electron chi connectivity index (χ4n) is 2.00. The van der Waals surface area contributed by atoms with Gasteiger partial charge in [-0.3, -0.25) is 10.4 Å². The van der Waals surface area contributed by atoms with Crippen LogP contribution < -0.4 is 5.43 Å². The highest BCUT2D eigenvalue weighted by molar-refractivity contribution is 5.79. The Morgan fingerprint density at radius 2 is 1.77 bits per heavy atom. The SMILES string of the molecule is Cc1nc(NN=Cc2ccncc2)cc(-c2ccccc2)n1. The first-order valence-electron chi connectivity index (χ1n) is 6.91. The fraction of sp³-hybridized carbons (Fsp3) is 0.0588. The number of hydrogen-bond donors (Lipinski definition) is 1. The van der Waals surface area contributed by atoms with Crippen LogP contribution in [0.15, 0.2) is 66.0 Å². The molecule has 2 heterocycles. The lowest BCUT2D eigenvalue weighted by Gasteiger charge is -2.05. The first kappa shape index (κ1) is 13.9. The molecule has 22 heavy (non-hydrogen) atoms. The van der Waals surface area contributed by atoms with Gasteiger partial charge in [-0.15, -0.1) is 0 Å². The molecule has 5 nitrogen and oxygen atoms in total. The molecular formula is C17H15N5. The van der Waals surface area contributed by atoms with Gasteiger partial charge in [-0.1, -0.05) is 30.3 Å². The fourth-order valence-corrected chi connectivity index (χ4v) is 2.00. The van der Waals surface area contributed by atoms with Crippen LogP contribution in [-0.4, -0.2) is 21.2 Å². The van der Waals surface area contributed by atoms with Gasteiger partial charge in [0.15, 0.2) is 0 Å². The van der Waals surface area contributed by atoms with Crippen molar-refractivity contribution in [3.8, 4) is 11.3 Å². The van der Waals surface area contributed by atoms with Crippen molar-refractivity contribution in [2.45, 2.75) is 6.92 Å². The van der Waals surface area contributed by atoms with Crippen LogP contribution in [0.2, 0.25) is 0 Å². The molecule has 0 spiro atoms. The molecule has 108 valence electrons. The van der Waals surface area contributed by atoms with E-state index >= 15 is 0 Å². The molecule has 0 radical (unpaired) electrons. The Hall–Kier alpha value is -3.08. The summed E-state index contributed by atoms with van der Waals surface area (Å²) in [7, 11) is 0. The lowest BCUT2D eigenvalue weighted by atomic mass is 10.1. The molecule has 3 aromatic rings. The second kappa shape index (κ2) is 6.58. The minimum Gasteiger partial charge on any atom is -0.265 e. The van der Waals surface area contributed by atoms with Crippen molar-refractivity contribution in [1.29, 1.82) is 0 Å². The molecule has 1 aromatic carbocycles. The van der Waals surface area contributed by atoms with E-state index in [4.69, 9.17) is 0 Å². The molecular weight excluding hydrogens is 274 g/mol. The van der Waals surface area contributed by atoms with E-state index in [9.17, 15) is 0 Å². The molecule has 0 aliphatic carbocycles. The van der Waals surface area contributed by atoms with E-state index < -0.39 is 0 Å². The Morgan fingerprint density at radius 3 is 2.55 bits per heavy atom. The van der Waals surface area contributed by atoms with Crippen LogP contribution >= 0.6 is 0 Å². The topological polar surface area (TPSA) is 63.1 Å². The number of nitrogens with one attached hydrogen (secondary N) is 1. The summed E-state index contributed by atoms with van der Waals surface area (Å²) in [5.74, 6) is 1.36. The van der Waals surface area contributed by atoms with Crippen LogP contribution in [0.5, 0.6) is 0 Å². The van der Waals surface area contributed by atoms with Gasteiger partial charge in [0, 0.05) is 24.0 Å². The van der Waals surface area contributed by atoms with Gasteiger partial charge < -0.3 is 0 Å². The van der Waals surface area contributed by atoms with Crippen LogP contribution in [-0.2, 0) is 0 Å². The summed E-state index contributed by atoms with van der Waals surface area (Å²) in [5, 5.41) is 4.19. The number of aromatic nitrogens is 3. The quantitative estimate of drug-likeness (QED) is 0.591. The van der Waals surface area contributed by atoms with Crippen LogP contribution in [0.3, 0.4) is 0 Å². The number of benzene rings is 1. The first-order valence-corrected chi connectivity index (χ1v) is 6.91. The predicted octanol–water partition coefficient (Wildman–Crippen LogP) is 3.29. The van der Waals surface area contributed by atoms with Gasteiger partial charge in [-0.25, -0.2) is 9.97 Å². The third kappa shape index (κ3) is 3.52. The van der Waals surface area contributed by atoms with Crippen LogP contribution in [0.1, 0.15) is 11.4 Å². The summed E-state index contributed by atoms with van der Waals surface area (Å²) in [4.78, 5) is 12.8. The average Bonchev–Trinajstić information content (AvgIpc) is 2.56. The Labute approximate surface area is 128 Å². The molecule has 0 saturated heterocycles. The summed E-state index contributed by atoms with van der Waals surface area (Å²) < 4.78 is 0. The standard InChI is InChI=1S/C17H15N5/c1-13-20-16(15-5-3-2-4-6-15)11-17(21-13)22-19-12-14-7-9-18-10-8-14/h2-12H,1H3,(H,20,21,22). The second-order valence-corrected chi connectivity index (χ2v) is 4.70. The van der Waals surface area contributed by atoms with Gasteiger partial charge in [0.2, 0.25) is 0 Å². The highest BCUT2D eigenvalue weighted by Gasteiger charge is 2.03. The minimum atomic E-state index is 0.664. The van der Waals surface area contributed by atoms with Crippen LogP contribution in [0, 0.1) is 6.92 Å². The van der Waals surface area contributed by atoms with E-state index in [0.29, 0.717) is 11.6 Å². The van der Waals surface area contributed by atoms with Gasteiger partial charge in [-0.05, 0) is 24.6 Å². The Kier molecular flexibility index (Phi) is 4.15. The summed E-state index contributed by atoms with van der Waals surface area (Å²) in [6.45, 7) is 1.87. The Bertz CT molecular complexity index is 770. The largest absolute Gasteiger partial charge is 0.265 e. The van der Waals surface area contributed by atoms with Gasteiger partial charge in [0.25, 0.3) is 0 Å².